The monoisotopic (exact) mass is 567 g/mol. The number of aliphatic carboxylic acids is 1. The maximum absolute atomic E-state index is 15.2. The Morgan fingerprint density at radius 2 is 1.88 bits per heavy atom. The first kappa shape index (κ1) is 28.9. The summed E-state index contributed by atoms with van der Waals surface area (Å²) in [6.07, 6.45) is 0.793. The molecule has 0 amide bonds. The van der Waals surface area contributed by atoms with Crippen LogP contribution in [-0.4, -0.2) is 42.0 Å². The van der Waals surface area contributed by atoms with Crippen LogP contribution in [0.4, 0.5) is 29.1 Å². The lowest BCUT2D eigenvalue weighted by Gasteiger charge is -2.21. The predicted molar refractivity (Wildman–Crippen MR) is 145 cm³/mol. The highest BCUT2D eigenvalue weighted by atomic mass is 19.4. The van der Waals surface area contributed by atoms with Crippen molar-refractivity contribution >= 4 is 28.2 Å². The Labute approximate surface area is 231 Å². The number of carboxylic acids is 1. The molecule has 0 radical (unpaired) electrons. The van der Waals surface area contributed by atoms with Gasteiger partial charge in [-0.3, -0.25) is 9.67 Å². The Bertz CT molecular complexity index is 1670. The first-order chi connectivity index (χ1) is 19.5. The molecule has 5 aromatic rings. The Morgan fingerprint density at radius 3 is 2.54 bits per heavy atom. The van der Waals surface area contributed by atoms with E-state index in [2.05, 4.69) is 20.4 Å². The lowest BCUT2D eigenvalue weighted by Crippen LogP contribution is -2.21. The molecule has 9 nitrogen and oxygen atoms in total. The Hall–Kier alpha value is -5.07. The molecule has 0 saturated heterocycles. The van der Waals surface area contributed by atoms with E-state index in [9.17, 15) is 13.2 Å². The Kier molecular flexibility index (Phi) is 8.45. The molecular weight excluding hydrogens is 542 g/mol. The van der Waals surface area contributed by atoms with E-state index in [1.54, 1.807) is 29.3 Å². The molecule has 5 rings (SSSR count). The summed E-state index contributed by atoms with van der Waals surface area (Å²) >= 11 is 0. The second kappa shape index (κ2) is 12.0. The summed E-state index contributed by atoms with van der Waals surface area (Å²) in [4.78, 5) is 22.0. The van der Waals surface area contributed by atoms with E-state index in [1.807, 2.05) is 56.4 Å². The van der Waals surface area contributed by atoms with Gasteiger partial charge >= 0.3 is 12.1 Å². The summed E-state index contributed by atoms with van der Waals surface area (Å²) in [7, 11) is 1.81. The number of hydrogen-bond donors (Lipinski definition) is 3. The number of carbonyl (C=O) groups is 1. The van der Waals surface area contributed by atoms with E-state index in [-0.39, 0.29) is 5.82 Å². The number of alkyl halides is 3. The summed E-state index contributed by atoms with van der Waals surface area (Å²) in [5.41, 5.74) is 9.14. The van der Waals surface area contributed by atoms with Crippen molar-refractivity contribution in [2.75, 3.05) is 11.1 Å². The van der Waals surface area contributed by atoms with E-state index in [1.165, 1.54) is 6.07 Å². The number of carboxylic acid groups (broad SMARTS) is 1. The number of pyridine rings is 2. The number of nitrogens with two attached hydrogens (primary N) is 1. The van der Waals surface area contributed by atoms with Gasteiger partial charge in [-0.2, -0.15) is 18.3 Å². The van der Waals surface area contributed by atoms with Gasteiger partial charge in [0.15, 0.2) is 11.6 Å². The number of aryl methyl sites for hydroxylation is 2. The topological polar surface area (TPSA) is 132 Å². The molecule has 0 spiro atoms. The van der Waals surface area contributed by atoms with Gasteiger partial charge < -0.3 is 16.2 Å². The van der Waals surface area contributed by atoms with Crippen LogP contribution in [0.5, 0.6) is 0 Å². The first-order valence-electron chi connectivity index (χ1n) is 12.3. The largest absolute Gasteiger partial charge is 0.490 e. The van der Waals surface area contributed by atoms with Crippen LogP contribution in [0.15, 0.2) is 73.2 Å². The van der Waals surface area contributed by atoms with Gasteiger partial charge in [0.05, 0.1) is 0 Å². The van der Waals surface area contributed by atoms with Gasteiger partial charge in [0.2, 0.25) is 0 Å². The fraction of sp³-hybridized carbons (Fsp3) is 0.179. The fourth-order valence-corrected chi connectivity index (χ4v) is 4.04. The van der Waals surface area contributed by atoms with Crippen molar-refractivity contribution in [3.8, 4) is 11.4 Å². The minimum atomic E-state index is -5.08. The van der Waals surface area contributed by atoms with Crippen molar-refractivity contribution in [3.63, 3.8) is 0 Å². The smallest absolute Gasteiger partial charge is 0.475 e. The highest BCUT2D eigenvalue weighted by Crippen LogP contribution is 2.31. The van der Waals surface area contributed by atoms with Crippen molar-refractivity contribution in [2.24, 2.45) is 7.05 Å². The number of benzene rings is 2. The van der Waals surface area contributed by atoms with Gasteiger partial charge in [-0.25, -0.2) is 19.2 Å². The fourth-order valence-electron chi connectivity index (χ4n) is 4.04. The summed E-state index contributed by atoms with van der Waals surface area (Å²) in [5.74, 6) is -1.48. The van der Waals surface area contributed by atoms with Gasteiger partial charge in [-0.1, -0.05) is 19.1 Å². The molecule has 0 saturated carbocycles. The van der Waals surface area contributed by atoms with E-state index in [0.29, 0.717) is 23.0 Å². The van der Waals surface area contributed by atoms with Crippen LogP contribution in [0.25, 0.3) is 22.2 Å². The minimum Gasteiger partial charge on any atom is -0.475 e. The lowest BCUT2D eigenvalue weighted by atomic mass is 10.0. The molecule has 41 heavy (non-hydrogen) atoms. The molecule has 13 heteroatoms. The molecule has 212 valence electrons. The van der Waals surface area contributed by atoms with Crippen LogP contribution in [0.3, 0.4) is 0 Å². The van der Waals surface area contributed by atoms with Crippen molar-refractivity contribution < 1.29 is 27.5 Å². The molecule has 0 aliphatic heterocycles. The van der Waals surface area contributed by atoms with Crippen molar-refractivity contribution in [1.82, 2.24) is 24.7 Å². The molecule has 3 heterocycles. The summed E-state index contributed by atoms with van der Waals surface area (Å²) < 4.78 is 48.6. The Morgan fingerprint density at radius 1 is 1.12 bits per heavy atom. The van der Waals surface area contributed by atoms with Gasteiger partial charge in [-0.05, 0) is 59.8 Å². The summed E-state index contributed by atoms with van der Waals surface area (Å²) in [6, 6.07) is 16.0. The van der Waals surface area contributed by atoms with Crippen LogP contribution >= 0.6 is 0 Å². The average molecular weight is 568 g/mol. The number of nitrogens with one attached hydrogen (secondary N) is 1. The Balaban J connectivity index is 0.000000493. The second-order valence-corrected chi connectivity index (χ2v) is 8.88. The quantitative estimate of drug-likeness (QED) is 0.228. The van der Waals surface area contributed by atoms with E-state index in [0.717, 1.165) is 34.0 Å². The van der Waals surface area contributed by atoms with E-state index < -0.39 is 18.2 Å². The predicted octanol–water partition coefficient (Wildman–Crippen LogP) is 5.54. The molecule has 0 fully saturated rings. The van der Waals surface area contributed by atoms with Gasteiger partial charge in [0, 0.05) is 47.8 Å². The zero-order valence-corrected chi connectivity index (χ0v) is 21.9. The second-order valence-electron chi connectivity index (χ2n) is 8.88. The van der Waals surface area contributed by atoms with Crippen molar-refractivity contribution in [1.29, 1.82) is 0 Å². The molecule has 2 aromatic carbocycles. The normalized spacial score (nSPS) is 12.0. The minimum absolute atomic E-state index is 0.310. The van der Waals surface area contributed by atoms with Crippen molar-refractivity contribution in [3.05, 3.63) is 96.0 Å². The van der Waals surface area contributed by atoms with Crippen LogP contribution in [0.1, 0.15) is 29.9 Å². The maximum atomic E-state index is 15.2. The highest BCUT2D eigenvalue weighted by Gasteiger charge is 2.38. The van der Waals surface area contributed by atoms with Gasteiger partial charge in [0.25, 0.3) is 0 Å². The standard InChI is InChI=1S/C26H24FN7.C2HF3O2/c1-3-16-6-9-22(27)21(13-16)23(26-32-25(33-34(26)2)18-5-4-11-29-15-18)31-19-7-8-20-17(14-19)10-12-30-24(20)28;3-2(4,5)1(6)7/h4-15,23,31H,3H2,1-2H3,(H2,28,30);(H,6,7). The maximum Gasteiger partial charge on any atom is 0.490 e. The molecular formula is C28H25F4N7O2. The molecule has 4 N–H and O–H groups in total. The molecule has 0 bridgehead atoms. The van der Waals surface area contributed by atoms with Crippen molar-refractivity contribution in [2.45, 2.75) is 25.6 Å². The van der Waals surface area contributed by atoms with Crippen LogP contribution in [0, 0.1) is 5.82 Å². The van der Waals surface area contributed by atoms with Crippen LogP contribution < -0.4 is 11.1 Å². The average Bonchev–Trinajstić information content (AvgIpc) is 3.34. The highest BCUT2D eigenvalue weighted by molar-refractivity contribution is 5.92. The van der Waals surface area contributed by atoms with Gasteiger partial charge in [-0.15, -0.1) is 0 Å². The third-order valence-electron chi connectivity index (χ3n) is 6.10. The number of fused-ring (bicyclic) bond motifs is 1. The first-order valence-corrected chi connectivity index (χ1v) is 12.3. The van der Waals surface area contributed by atoms with Crippen LogP contribution in [-0.2, 0) is 18.3 Å². The SMILES string of the molecule is CCc1ccc(F)c(C(Nc2ccc3c(N)nccc3c2)c2nc(-c3cccnc3)nn2C)c1.O=C(O)C(F)(F)F. The molecule has 3 aromatic heterocycles. The number of rotatable bonds is 6. The van der Waals surface area contributed by atoms with Gasteiger partial charge in [0.1, 0.15) is 17.7 Å². The third kappa shape index (κ3) is 6.75. The molecule has 1 atom stereocenters. The number of anilines is 2. The van der Waals surface area contributed by atoms with Crippen LogP contribution in [0.2, 0.25) is 0 Å². The van der Waals surface area contributed by atoms with E-state index >= 15 is 4.39 Å². The van der Waals surface area contributed by atoms with E-state index in [4.69, 9.17) is 20.6 Å². The zero-order valence-electron chi connectivity index (χ0n) is 21.9. The number of aromatic nitrogens is 5. The number of halogens is 4. The summed E-state index contributed by atoms with van der Waals surface area (Å²) in [6.45, 7) is 2.05. The molecule has 1 unspecified atom stereocenters. The zero-order chi connectivity index (χ0) is 29.7. The number of nitrogens with zero attached hydrogens (tertiary/aromatic N) is 5. The molecule has 0 aliphatic rings. The number of hydrogen-bond acceptors (Lipinski definition) is 7. The lowest BCUT2D eigenvalue weighted by molar-refractivity contribution is -0.192. The summed E-state index contributed by atoms with van der Waals surface area (Å²) in [5, 5.41) is 17.0. The third-order valence-corrected chi connectivity index (χ3v) is 6.10. The molecule has 0 aliphatic carbocycles. The number of nitrogen functional groups attached to an aromatic ring is 1.